The average molecular weight is 377 g/mol. The molecule has 1 amide bonds. The Morgan fingerprint density at radius 1 is 0.964 bits per heavy atom. The first-order valence-electron chi connectivity index (χ1n) is 9.08. The summed E-state index contributed by atoms with van der Waals surface area (Å²) < 4.78 is 10.8. The van der Waals surface area contributed by atoms with Crippen molar-refractivity contribution in [3.63, 3.8) is 0 Å². The fourth-order valence-electron chi connectivity index (χ4n) is 2.90. The molecule has 1 aromatic carbocycles. The summed E-state index contributed by atoms with van der Waals surface area (Å²) in [6.07, 6.45) is 4.99. The molecule has 6 nitrogen and oxygen atoms in total. The lowest BCUT2D eigenvalue weighted by molar-refractivity contribution is 0.0953. The predicted octanol–water partition coefficient (Wildman–Crippen LogP) is 3.52. The van der Waals surface area contributed by atoms with Crippen molar-refractivity contribution in [2.24, 2.45) is 0 Å². The molecule has 144 valence electrons. The van der Waals surface area contributed by atoms with E-state index < -0.39 is 0 Å². The first-order chi connectivity index (χ1) is 13.7. The summed E-state index contributed by atoms with van der Waals surface area (Å²) in [7, 11) is 3.20. The highest BCUT2D eigenvalue weighted by atomic mass is 16.5. The van der Waals surface area contributed by atoms with Gasteiger partial charge in [-0.1, -0.05) is 12.1 Å². The summed E-state index contributed by atoms with van der Waals surface area (Å²) in [4.78, 5) is 21.0. The molecular weight excluding hydrogens is 354 g/mol. The van der Waals surface area contributed by atoms with Gasteiger partial charge < -0.3 is 14.8 Å². The molecule has 3 rings (SSSR count). The maximum Gasteiger partial charge on any atom is 0.252 e. The number of nitrogens with zero attached hydrogens (tertiary/aromatic N) is 2. The second-order valence-electron chi connectivity index (χ2n) is 6.15. The Morgan fingerprint density at radius 3 is 2.36 bits per heavy atom. The molecule has 0 aliphatic rings. The molecule has 0 aliphatic heterocycles. The van der Waals surface area contributed by atoms with Gasteiger partial charge in [0.05, 0.1) is 31.0 Å². The first-order valence-corrected chi connectivity index (χ1v) is 9.08. The number of hydrogen-bond acceptors (Lipinski definition) is 5. The minimum Gasteiger partial charge on any atom is -0.496 e. The Hall–Kier alpha value is -3.41. The fourth-order valence-corrected chi connectivity index (χ4v) is 2.90. The molecule has 0 bridgehead atoms. The van der Waals surface area contributed by atoms with E-state index in [9.17, 15) is 4.79 Å². The molecule has 0 aliphatic carbocycles. The summed E-state index contributed by atoms with van der Waals surface area (Å²) in [5.41, 5.74) is 2.97. The smallest absolute Gasteiger partial charge is 0.252 e. The molecule has 28 heavy (non-hydrogen) atoms. The van der Waals surface area contributed by atoms with Crippen LogP contribution >= 0.6 is 0 Å². The van der Waals surface area contributed by atoms with E-state index >= 15 is 0 Å². The highest BCUT2D eigenvalue weighted by Gasteiger charge is 2.14. The van der Waals surface area contributed by atoms with E-state index in [1.165, 1.54) is 0 Å². The van der Waals surface area contributed by atoms with E-state index in [2.05, 4.69) is 15.3 Å². The number of rotatable bonds is 8. The van der Waals surface area contributed by atoms with Crippen molar-refractivity contribution in [1.82, 2.24) is 15.3 Å². The van der Waals surface area contributed by atoms with Crippen LogP contribution in [0.15, 0.2) is 60.9 Å². The monoisotopic (exact) mass is 377 g/mol. The number of pyridine rings is 2. The average Bonchev–Trinajstić information content (AvgIpc) is 2.76. The van der Waals surface area contributed by atoms with Crippen LogP contribution in [0.4, 0.5) is 0 Å². The number of nitrogens with one attached hydrogen (secondary N) is 1. The number of hydrogen-bond donors (Lipinski definition) is 1. The fraction of sp³-hybridized carbons (Fsp3) is 0.227. The number of benzene rings is 1. The summed E-state index contributed by atoms with van der Waals surface area (Å²) in [5, 5.41) is 2.92. The van der Waals surface area contributed by atoms with Crippen molar-refractivity contribution >= 4 is 5.91 Å². The van der Waals surface area contributed by atoms with Crippen LogP contribution in [0.2, 0.25) is 0 Å². The van der Waals surface area contributed by atoms with E-state index in [4.69, 9.17) is 9.47 Å². The summed E-state index contributed by atoms with van der Waals surface area (Å²) in [6.45, 7) is 0.581. The second kappa shape index (κ2) is 9.50. The molecule has 2 aromatic heterocycles. The Bertz CT molecular complexity index is 890. The zero-order valence-electron chi connectivity index (χ0n) is 16.0. The van der Waals surface area contributed by atoms with Crippen LogP contribution in [0, 0.1) is 0 Å². The molecule has 6 heteroatoms. The van der Waals surface area contributed by atoms with Crippen molar-refractivity contribution in [1.29, 1.82) is 0 Å². The SMILES string of the molecule is COc1cccc(OC)c1-c1ccc(C(=O)NCCCc2ccccn2)cn1. The number of amides is 1. The van der Waals surface area contributed by atoms with Crippen molar-refractivity contribution in [3.8, 4) is 22.8 Å². The number of aryl methyl sites for hydroxylation is 1. The van der Waals surface area contributed by atoms with Crippen LogP contribution in [0.3, 0.4) is 0 Å². The van der Waals surface area contributed by atoms with Gasteiger partial charge in [-0.3, -0.25) is 14.8 Å². The molecule has 2 heterocycles. The van der Waals surface area contributed by atoms with Crippen LogP contribution in [0.5, 0.6) is 11.5 Å². The highest BCUT2D eigenvalue weighted by molar-refractivity contribution is 5.94. The summed E-state index contributed by atoms with van der Waals surface area (Å²) >= 11 is 0. The molecule has 0 saturated heterocycles. The van der Waals surface area contributed by atoms with Gasteiger partial charge in [0.2, 0.25) is 0 Å². The van der Waals surface area contributed by atoms with Gasteiger partial charge in [-0.25, -0.2) is 0 Å². The number of carbonyl (C=O) groups is 1. The van der Waals surface area contributed by atoms with Crippen LogP contribution in [0.25, 0.3) is 11.3 Å². The molecular formula is C22H23N3O3. The van der Waals surface area contributed by atoms with Gasteiger partial charge in [0.15, 0.2) is 0 Å². The zero-order chi connectivity index (χ0) is 19.8. The maximum atomic E-state index is 12.3. The highest BCUT2D eigenvalue weighted by Crippen LogP contribution is 2.36. The van der Waals surface area contributed by atoms with E-state index in [1.54, 1.807) is 38.7 Å². The van der Waals surface area contributed by atoms with Gasteiger partial charge in [-0.15, -0.1) is 0 Å². The minimum absolute atomic E-state index is 0.146. The van der Waals surface area contributed by atoms with E-state index in [0.29, 0.717) is 29.3 Å². The second-order valence-corrected chi connectivity index (χ2v) is 6.15. The zero-order valence-corrected chi connectivity index (χ0v) is 16.0. The Kier molecular flexibility index (Phi) is 6.57. The third-order valence-corrected chi connectivity index (χ3v) is 4.33. The van der Waals surface area contributed by atoms with Gasteiger partial charge in [0, 0.05) is 24.6 Å². The number of ether oxygens (including phenoxy) is 2. The van der Waals surface area contributed by atoms with Crippen LogP contribution in [0.1, 0.15) is 22.5 Å². The molecule has 0 radical (unpaired) electrons. The summed E-state index contributed by atoms with van der Waals surface area (Å²) in [6, 6.07) is 14.9. The van der Waals surface area contributed by atoms with E-state index in [1.807, 2.05) is 36.4 Å². The molecule has 1 N–H and O–H groups in total. The Balaban J connectivity index is 1.62. The van der Waals surface area contributed by atoms with E-state index in [-0.39, 0.29) is 5.91 Å². The quantitative estimate of drug-likeness (QED) is 0.608. The number of methoxy groups -OCH3 is 2. The molecule has 3 aromatic rings. The lowest BCUT2D eigenvalue weighted by Crippen LogP contribution is -2.24. The van der Waals surface area contributed by atoms with Crippen LogP contribution in [-0.2, 0) is 6.42 Å². The van der Waals surface area contributed by atoms with Gasteiger partial charge in [0.1, 0.15) is 11.5 Å². The van der Waals surface area contributed by atoms with Gasteiger partial charge in [-0.2, -0.15) is 0 Å². The van der Waals surface area contributed by atoms with Crippen molar-refractivity contribution in [2.45, 2.75) is 12.8 Å². The first kappa shape index (κ1) is 19.4. The number of aromatic nitrogens is 2. The van der Waals surface area contributed by atoms with Crippen molar-refractivity contribution in [2.75, 3.05) is 20.8 Å². The van der Waals surface area contributed by atoms with Gasteiger partial charge >= 0.3 is 0 Å². The third kappa shape index (κ3) is 4.65. The van der Waals surface area contributed by atoms with Crippen molar-refractivity contribution < 1.29 is 14.3 Å². The lowest BCUT2D eigenvalue weighted by atomic mass is 10.1. The Morgan fingerprint density at radius 2 is 1.75 bits per heavy atom. The standard InChI is InChI=1S/C22H23N3O3/c1-27-19-9-5-10-20(28-2)21(19)18-12-11-16(15-25-18)22(26)24-14-6-8-17-7-3-4-13-23-17/h3-5,7,9-13,15H,6,8,14H2,1-2H3,(H,24,26). The molecule has 0 spiro atoms. The molecule has 0 fully saturated rings. The summed E-state index contributed by atoms with van der Waals surface area (Å²) in [5.74, 6) is 1.18. The Labute approximate surface area is 164 Å². The topological polar surface area (TPSA) is 73.3 Å². The predicted molar refractivity (Wildman–Crippen MR) is 108 cm³/mol. The normalized spacial score (nSPS) is 10.4. The van der Waals surface area contributed by atoms with Crippen LogP contribution in [-0.4, -0.2) is 36.6 Å². The van der Waals surface area contributed by atoms with Crippen LogP contribution < -0.4 is 14.8 Å². The van der Waals surface area contributed by atoms with Gasteiger partial charge in [-0.05, 0) is 49.2 Å². The lowest BCUT2D eigenvalue weighted by Gasteiger charge is -2.12. The van der Waals surface area contributed by atoms with E-state index in [0.717, 1.165) is 24.1 Å². The third-order valence-electron chi connectivity index (χ3n) is 4.33. The van der Waals surface area contributed by atoms with Gasteiger partial charge in [0.25, 0.3) is 5.91 Å². The molecule has 0 atom stereocenters. The van der Waals surface area contributed by atoms with Crippen molar-refractivity contribution in [3.05, 3.63) is 72.2 Å². The maximum absolute atomic E-state index is 12.3. The minimum atomic E-state index is -0.146. The largest absolute Gasteiger partial charge is 0.496 e. The molecule has 0 saturated carbocycles. The number of carbonyl (C=O) groups excluding carboxylic acids is 1. The molecule has 0 unspecified atom stereocenters.